The Bertz CT molecular complexity index is 527. The van der Waals surface area contributed by atoms with Crippen LogP contribution in [-0.4, -0.2) is 0 Å². The van der Waals surface area contributed by atoms with Gasteiger partial charge in [-0.05, 0) is 35.6 Å². The highest BCUT2D eigenvalue weighted by Crippen LogP contribution is 2.32. The molecule has 1 aromatic heterocycles. The summed E-state index contributed by atoms with van der Waals surface area (Å²) in [5.41, 5.74) is 4.35. The maximum Gasteiger partial charge on any atom is 0.142 e. The Morgan fingerprint density at radius 1 is 1.35 bits per heavy atom. The predicted octanol–water partition coefficient (Wildman–Crippen LogP) is 3.40. The third-order valence-electron chi connectivity index (χ3n) is 2.67. The molecule has 0 spiro atoms. The minimum atomic E-state index is -0.433. The van der Waals surface area contributed by atoms with Crippen molar-refractivity contribution in [3.63, 3.8) is 0 Å². The van der Waals surface area contributed by atoms with E-state index in [0.29, 0.717) is 5.56 Å². The Morgan fingerprint density at radius 3 is 2.71 bits per heavy atom. The zero-order valence-electron chi connectivity index (χ0n) is 9.21. The Kier molecular flexibility index (Phi) is 3.79. The molecule has 0 aliphatic rings. The summed E-state index contributed by atoms with van der Waals surface area (Å²) in [4.78, 5) is 1.13. The first-order chi connectivity index (χ1) is 8.15. The van der Waals surface area contributed by atoms with Crippen LogP contribution in [0.4, 0.5) is 4.39 Å². The van der Waals surface area contributed by atoms with Crippen LogP contribution in [0.1, 0.15) is 22.0 Å². The Morgan fingerprint density at radius 2 is 2.12 bits per heavy atom. The van der Waals surface area contributed by atoms with Gasteiger partial charge in [-0.1, -0.05) is 23.7 Å². The number of nitrogens with two attached hydrogens (primary N) is 1. The molecule has 0 radical (unpaired) electrons. The van der Waals surface area contributed by atoms with Crippen LogP contribution < -0.4 is 11.3 Å². The molecule has 1 atom stereocenters. The molecule has 1 heterocycles. The molecule has 90 valence electrons. The van der Waals surface area contributed by atoms with Crippen molar-refractivity contribution in [2.24, 2.45) is 5.84 Å². The lowest BCUT2D eigenvalue weighted by molar-refractivity contribution is 0.605. The lowest BCUT2D eigenvalue weighted by Gasteiger charge is -2.18. The minimum absolute atomic E-state index is 0.112. The second kappa shape index (κ2) is 5.14. The SMILES string of the molecule is Cc1sccc1C(NN)c1cccc(F)c1Cl. The van der Waals surface area contributed by atoms with Crippen molar-refractivity contribution in [2.75, 3.05) is 0 Å². The zero-order chi connectivity index (χ0) is 12.4. The van der Waals surface area contributed by atoms with Gasteiger partial charge in [-0.25, -0.2) is 9.82 Å². The van der Waals surface area contributed by atoms with Gasteiger partial charge in [-0.2, -0.15) is 0 Å². The van der Waals surface area contributed by atoms with E-state index < -0.39 is 5.82 Å². The van der Waals surface area contributed by atoms with Gasteiger partial charge in [0, 0.05) is 4.88 Å². The number of halogens is 2. The molecule has 0 amide bonds. The molecule has 2 nitrogen and oxygen atoms in total. The van der Waals surface area contributed by atoms with Crippen molar-refractivity contribution in [1.29, 1.82) is 0 Å². The van der Waals surface area contributed by atoms with E-state index in [0.717, 1.165) is 10.4 Å². The summed E-state index contributed by atoms with van der Waals surface area (Å²) in [7, 11) is 0. The highest BCUT2D eigenvalue weighted by molar-refractivity contribution is 7.10. The number of hydrogen-bond acceptors (Lipinski definition) is 3. The summed E-state index contributed by atoms with van der Waals surface area (Å²) < 4.78 is 13.4. The first-order valence-electron chi connectivity index (χ1n) is 5.09. The monoisotopic (exact) mass is 270 g/mol. The average molecular weight is 271 g/mol. The smallest absolute Gasteiger partial charge is 0.142 e. The van der Waals surface area contributed by atoms with Crippen molar-refractivity contribution in [1.82, 2.24) is 5.43 Å². The van der Waals surface area contributed by atoms with E-state index in [1.54, 1.807) is 23.5 Å². The fourth-order valence-electron chi connectivity index (χ4n) is 1.78. The summed E-state index contributed by atoms with van der Waals surface area (Å²) in [5.74, 6) is 5.12. The van der Waals surface area contributed by atoms with Crippen molar-refractivity contribution in [2.45, 2.75) is 13.0 Å². The van der Waals surface area contributed by atoms with Crippen molar-refractivity contribution in [3.05, 3.63) is 56.5 Å². The fourth-order valence-corrected chi connectivity index (χ4v) is 2.76. The highest BCUT2D eigenvalue weighted by Gasteiger charge is 2.19. The lowest BCUT2D eigenvalue weighted by atomic mass is 10.00. The maximum atomic E-state index is 13.4. The zero-order valence-corrected chi connectivity index (χ0v) is 10.8. The van der Waals surface area contributed by atoms with Gasteiger partial charge in [-0.15, -0.1) is 11.3 Å². The van der Waals surface area contributed by atoms with E-state index in [4.69, 9.17) is 17.4 Å². The second-order valence-corrected chi connectivity index (χ2v) is 5.17. The van der Waals surface area contributed by atoms with E-state index >= 15 is 0 Å². The number of nitrogens with one attached hydrogen (secondary N) is 1. The van der Waals surface area contributed by atoms with E-state index in [9.17, 15) is 4.39 Å². The van der Waals surface area contributed by atoms with Gasteiger partial charge in [0.05, 0.1) is 11.1 Å². The van der Waals surface area contributed by atoms with E-state index in [1.165, 1.54) is 6.07 Å². The minimum Gasteiger partial charge on any atom is -0.271 e. The standard InChI is InChI=1S/C12H12ClFN2S/c1-7-8(5-6-17-7)12(16-15)9-3-2-4-10(14)11(9)13/h2-6,12,16H,15H2,1H3. The van der Waals surface area contributed by atoms with Crippen molar-refractivity contribution >= 4 is 22.9 Å². The summed E-state index contributed by atoms with van der Waals surface area (Å²) >= 11 is 7.59. The largest absolute Gasteiger partial charge is 0.271 e. The molecule has 0 bridgehead atoms. The summed E-state index contributed by atoms with van der Waals surface area (Å²) in [6.45, 7) is 2.00. The molecule has 1 aromatic carbocycles. The van der Waals surface area contributed by atoms with Crippen molar-refractivity contribution in [3.8, 4) is 0 Å². The molecule has 1 unspecified atom stereocenters. The van der Waals surface area contributed by atoms with E-state index in [2.05, 4.69) is 5.43 Å². The van der Waals surface area contributed by atoms with Gasteiger partial charge >= 0.3 is 0 Å². The van der Waals surface area contributed by atoms with Gasteiger partial charge in [0.15, 0.2) is 0 Å². The molecule has 2 rings (SSSR count). The number of aryl methyl sites for hydroxylation is 1. The third kappa shape index (κ3) is 2.35. The van der Waals surface area contributed by atoms with Gasteiger partial charge < -0.3 is 0 Å². The van der Waals surface area contributed by atoms with Gasteiger partial charge in [0.2, 0.25) is 0 Å². The lowest BCUT2D eigenvalue weighted by Crippen LogP contribution is -2.29. The molecule has 0 aliphatic heterocycles. The molecular formula is C12H12ClFN2S. The highest BCUT2D eigenvalue weighted by atomic mass is 35.5. The molecule has 2 aromatic rings. The number of hydrogen-bond donors (Lipinski definition) is 2. The average Bonchev–Trinajstić information content (AvgIpc) is 2.72. The number of rotatable bonds is 3. The Labute approximate surface area is 108 Å². The quantitative estimate of drug-likeness (QED) is 0.663. The maximum absolute atomic E-state index is 13.4. The van der Waals surface area contributed by atoms with Gasteiger partial charge in [0.25, 0.3) is 0 Å². The fraction of sp³-hybridized carbons (Fsp3) is 0.167. The number of hydrazine groups is 1. The van der Waals surface area contributed by atoms with Crippen LogP contribution in [0.3, 0.4) is 0 Å². The Hall–Kier alpha value is -0.940. The molecule has 0 fully saturated rings. The van der Waals surface area contributed by atoms with Crippen LogP contribution >= 0.6 is 22.9 Å². The van der Waals surface area contributed by atoms with Crippen LogP contribution in [0.2, 0.25) is 5.02 Å². The van der Waals surface area contributed by atoms with Crippen LogP contribution in [0.25, 0.3) is 0 Å². The number of benzene rings is 1. The first kappa shape index (κ1) is 12.5. The van der Waals surface area contributed by atoms with Gasteiger partial charge in [-0.3, -0.25) is 5.84 Å². The van der Waals surface area contributed by atoms with Crippen LogP contribution in [-0.2, 0) is 0 Å². The summed E-state index contributed by atoms with van der Waals surface area (Å²) in [6, 6.07) is 6.41. The van der Waals surface area contributed by atoms with E-state index in [1.807, 2.05) is 18.4 Å². The molecule has 5 heteroatoms. The summed E-state index contributed by atoms with van der Waals surface area (Å²) in [6.07, 6.45) is 0. The second-order valence-electron chi connectivity index (χ2n) is 3.67. The topological polar surface area (TPSA) is 38.0 Å². The van der Waals surface area contributed by atoms with E-state index in [-0.39, 0.29) is 11.1 Å². The molecule has 0 saturated carbocycles. The van der Waals surface area contributed by atoms with Crippen LogP contribution in [0.5, 0.6) is 0 Å². The molecule has 0 aliphatic carbocycles. The molecule has 0 saturated heterocycles. The number of thiophene rings is 1. The Balaban J connectivity index is 2.50. The summed E-state index contributed by atoms with van der Waals surface area (Å²) in [5, 5.41) is 2.09. The molecular weight excluding hydrogens is 259 g/mol. The van der Waals surface area contributed by atoms with Crippen LogP contribution in [0, 0.1) is 12.7 Å². The predicted molar refractivity (Wildman–Crippen MR) is 69.6 cm³/mol. The normalized spacial score (nSPS) is 12.7. The molecule has 3 N–H and O–H groups in total. The van der Waals surface area contributed by atoms with Crippen molar-refractivity contribution < 1.29 is 4.39 Å². The molecule has 17 heavy (non-hydrogen) atoms. The van der Waals surface area contributed by atoms with Gasteiger partial charge in [0.1, 0.15) is 5.82 Å². The third-order valence-corrected chi connectivity index (χ3v) is 3.93. The first-order valence-corrected chi connectivity index (χ1v) is 6.35. The van der Waals surface area contributed by atoms with Crippen LogP contribution in [0.15, 0.2) is 29.6 Å².